The Morgan fingerprint density at radius 3 is 2.31 bits per heavy atom. The second kappa shape index (κ2) is 10.1. The molecule has 2 aromatic rings. The normalized spacial score (nSPS) is 29.8. The van der Waals surface area contributed by atoms with Gasteiger partial charge in [-0.3, -0.25) is 9.59 Å². The van der Waals surface area contributed by atoms with Crippen molar-refractivity contribution in [3.63, 3.8) is 0 Å². The molecular formula is C38H48O4. The molecule has 5 unspecified atom stereocenters. The van der Waals surface area contributed by atoms with Crippen LogP contribution in [0.2, 0.25) is 0 Å². The molecule has 0 radical (unpaired) electrons. The fourth-order valence-electron chi connectivity index (χ4n) is 9.31. The number of rotatable bonds is 5. The number of aliphatic hydroxyl groups excluding tert-OH is 2. The number of fused-ring (bicyclic) bond motifs is 3. The SMILES string of the molecule is CC(=O)Cc1cccc(-c2cc(C(C)C)c3c(c2C)C(O)C2=C(C)C4(C)C(=O)C(C(C)O)=C(C)CC4(C)CC2(C)C3)c1. The fourth-order valence-corrected chi connectivity index (χ4v) is 9.31. The quantitative estimate of drug-likeness (QED) is 0.359. The first-order valence-corrected chi connectivity index (χ1v) is 15.5. The van der Waals surface area contributed by atoms with Crippen molar-refractivity contribution in [2.24, 2.45) is 16.2 Å². The van der Waals surface area contributed by atoms with Gasteiger partial charge in [0.2, 0.25) is 0 Å². The molecule has 2 aromatic carbocycles. The van der Waals surface area contributed by atoms with Crippen LogP contribution in [0.25, 0.3) is 11.1 Å². The number of hydrogen-bond donors (Lipinski definition) is 2. The molecule has 3 aliphatic carbocycles. The molecule has 0 amide bonds. The van der Waals surface area contributed by atoms with Crippen LogP contribution in [0.1, 0.15) is 115 Å². The van der Waals surface area contributed by atoms with Crippen molar-refractivity contribution in [2.75, 3.05) is 0 Å². The van der Waals surface area contributed by atoms with Crippen LogP contribution < -0.4 is 0 Å². The van der Waals surface area contributed by atoms with Gasteiger partial charge in [0.1, 0.15) is 11.9 Å². The third-order valence-electron chi connectivity index (χ3n) is 11.2. The van der Waals surface area contributed by atoms with E-state index in [1.54, 1.807) is 13.8 Å². The maximum Gasteiger partial charge on any atom is 0.171 e. The summed E-state index contributed by atoms with van der Waals surface area (Å²) < 4.78 is 0. The Balaban J connectivity index is 1.76. The Labute approximate surface area is 251 Å². The zero-order valence-electron chi connectivity index (χ0n) is 27.2. The van der Waals surface area contributed by atoms with Gasteiger partial charge in [0, 0.05) is 12.0 Å². The van der Waals surface area contributed by atoms with Crippen molar-refractivity contribution in [3.8, 4) is 11.1 Å². The monoisotopic (exact) mass is 568 g/mol. The number of carbonyl (C=O) groups is 2. The summed E-state index contributed by atoms with van der Waals surface area (Å²) in [6.07, 6.45) is 1.12. The van der Waals surface area contributed by atoms with E-state index in [0.717, 1.165) is 63.8 Å². The van der Waals surface area contributed by atoms with Crippen molar-refractivity contribution in [3.05, 3.63) is 80.4 Å². The first kappa shape index (κ1) is 30.6. The largest absolute Gasteiger partial charge is 0.389 e. The summed E-state index contributed by atoms with van der Waals surface area (Å²) in [4.78, 5) is 26.1. The van der Waals surface area contributed by atoms with E-state index in [0.29, 0.717) is 12.0 Å². The molecule has 4 nitrogen and oxygen atoms in total. The minimum atomic E-state index is -0.826. The molecule has 0 fully saturated rings. The lowest BCUT2D eigenvalue weighted by Gasteiger charge is -2.61. The summed E-state index contributed by atoms with van der Waals surface area (Å²) in [5.41, 5.74) is 9.68. The maximum atomic E-state index is 14.3. The lowest BCUT2D eigenvalue weighted by atomic mass is 9.42. The predicted octanol–water partition coefficient (Wildman–Crippen LogP) is 7.92. The van der Waals surface area contributed by atoms with Crippen LogP contribution in [-0.4, -0.2) is 27.9 Å². The van der Waals surface area contributed by atoms with Gasteiger partial charge in [-0.05, 0) is 122 Å². The number of carbonyl (C=O) groups excluding carboxylic acids is 2. The molecule has 5 atom stereocenters. The maximum absolute atomic E-state index is 14.3. The lowest BCUT2D eigenvalue weighted by Crippen LogP contribution is -2.57. The molecular weight excluding hydrogens is 520 g/mol. The molecule has 0 spiro atoms. The second-order valence-corrected chi connectivity index (χ2v) is 14.7. The first-order valence-electron chi connectivity index (χ1n) is 15.5. The highest BCUT2D eigenvalue weighted by molar-refractivity contribution is 6.05. The van der Waals surface area contributed by atoms with E-state index < -0.39 is 17.6 Å². The number of ketones is 2. The fraction of sp³-hybridized carbons (Fsp3) is 0.526. The third kappa shape index (κ3) is 4.32. The van der Waals surface area contributed by atoms with Gasteiger partial charge in [0.15, 0.2) is 5.78 Å². The summed E-state index contributed by atoms with van der Waals surface area (Å²) in [7, 11) is 0. The second-order valence-electron chi connectivity index (χ2n) is 14.7. The molecule has 0 saturated heterocycles. The number of aliphatic hydroxyl groups is 2. The molecule has 224 valence electrons. The van der Waals surface area contributed by atoms with Crippen LogP contribution in [0.15, 0.2) is 52.6 Å². The van der Waals surface area contributed by atoms with Gasteiger partial charge >= 0.3 is 0 Å². The molecule has 2 N–H and O–H groups in total. The van der Waals surface area contributed by atoms with Gasteiger partial charge in [-0.25, -0.2) is 0 Å². The Morgan fingerprint density at radius 2 is 1.71 bits per heavy atom. The lowest BCUT2D eigenvalue weighted by molar-refractivity contribution is -0.134. The van der Waals surface area contributed by atoms with Crippen LogP contribution in [0.5, 0.6) is 0 Å². The molecule has 0 bridgehead atoms. The van der Waals surface area contributed by atoms with E-state index in [9.17, 15) is 19.8 Å². The van der Waals surface area contributed by atoms with E-state index >= 15 is 0 Å². The van der Waals surface area contributed by atoms with Crippen LogP contribution in [-0.2, 0) is 22.4 Å². The Hall–Kier alpha value is -2.82. The highest BCUT2D eigenvalue weighted by Gasteiger charge is 2.63. The minimum absolute atomic E-state index is 0.00410. The molecule has 0 aliphatic heterocycles. The summed E-state index contributed by atoms with van der Waals surface area (Å²) in [5, 5.41) is 23.1. The topological polar surface area (TPSA) is 74.6 Å². The molecule has 0 saturated carbocycles. The van der Waals surface area contributed by atoms with Gasteiger partial charge in [-0.1, -0.05) is 69.2 Å². The number of benzene rings is 2. The predicted molar refractivity (Wildman–Crippen MR) is 169 cm³/mol. The smallest absolute Gasteiger partial charge is 0.171 e. The Morgan fingerprint density at radius 1 is 1.05 bits per heavy atom. The molecule has 42 heavy (non-hydrogen) atoms. The minimum Gasteiger partial charge on any atom is -0.389 e. The summed E-state index contributed by atoms with van der Waals surface area (Å²) in [6.45, 7) is 20.5. The van der Waals surface area contributed by atoms with Gasteiger partial charge in [0.05, 0.1) is 11.5 Å². The molecule has 3 aliphatic rings. The highest BCUT2D eigenvalue weighted by atomic mass is 16.3. The van der Waals surface area contributed by atoms with Gasteiger partial charge < -0.3 is 10.2 Å². The first-order chi connectivity index (χ1) is 19.5. The van der Waals surface area contributed by atoms with Crippen LogP contribution in [0, 0.1) is 23.2 Å². The van der Waals surface area contributed by atoms with Crippen molar-refractivity contribution in [2.45, 2.75) is 113 Å². The van der Waals surface area contributed by atoms with Crippen LogP contribution in [0.3, 0.4) is 0 Å². The number of allylic oxidation sites excluding steroid dienone is 2. The zero-order chi connectivity index (χ0) is 31.1. The Kier molecular flexibility index (Phi) is 7.39. The standard InChI is InChI=1S/C38H48O4/c1-20(2)28-16-29(27-13-11-12-26(15-27)14-22(4)39)23(5)32-30(28)18-36(8)19-37(9)17-21(3)31(25(7)40)35(42)38(37,10)24(6)33(36)34(32)41/h11-13,15-16,20,25,34,40-41H,14,17-19H2,1-10H3. The highest BCUT2D eigenvalue weighted by Crippen LogP contribution is 2.68. The molecule has 0 aromatic heterocycles. The van der Waals surface area contributed by atoms with E-state index in [4.69, 9.17) is 0 Å². The average Bonchev–Trinajstić information content (AvgIpc) is 2.85. The summed E-state index contributed by atoms with van der Waals surface area (Å²) in [6, 6.07) is 10.5. The van der Waals surface area contributed by atoms with Gasteiger partial charge in [0.25, 0.3) is 0 Å². The summed E-state index contributed by atoms with van der Waals surface area (Å²) in [5.74, 6) is 0.401. The van der Waals surface area contributed by atoms with E-state index in [1.165, 1.54) is 11.1 Å². The number of Topliss-reactive ketones (excluding diaryl/α,β-unsaturated/α-hetero) is 2. The molecule has 0 heterocycles. The van der Waals surface area contributed by atoms with Crippen molar-refractivity contribution in [1.29, 1.82) is 0 Å². The molecule has 5 rings (SSSR count). The van der Waals surface area contributed by atoms with Crippen LogP contribution >= 0.6 is 0 Å². The number of hydrogen-bond acceptors (Lipinski definition) is 4. The van der Waals surface area contributed by atoms with Crippen molar-refractivity contribution >= 4 is 11.6 Å². The van der Waals surface area contributed by atoms with E-state index in [1.807, 2.05) is 19.1 Å². The van der Waals surface area contributed by atoms with Crippen molar-refractivity contribution < 1.29 is 19.8 Å². The van der Waals surface area contributed by atoms with Crippen molar-refractivity contribution in [1.82, 2.24) is 0 Å². The third-order valence-corrected chi connectivity index (χ3v) is 11.2. The van der Waals surface area contributed by atoms with E-state index in [2.05, 4.69) is 66.7 Å². The van der Waals surface area contributed by atoms with Crippen LogP contribution in [0.4, 0.5) is 0 Å². The average molecular weight is 569 g/mol. The zero-order valence-corrected chi connectivity index (χ0v) is 27.2. The van der Waals surface area contributed by atoms with Gasteiger partial charge in [-0.2, -0.15) is 0 Å². The van der Waals surface area contributed by atoms with E-state index in [-0.39, 0.29) is 28.3 Å². The Bertz CT molecular complexity index is 1570. The van der Waals surface area contributed by atoms with Gasteiger partial charge in [-0.15, -0.1) is 0 Å². The summed E-state index contributed by atoms with van der Waals surface area (Å²) >= 11 is 0. The molecule has 4 heteroatoms.